The molecule has 1 aromatic carbocycles. The molecule has 28 heavy (non-hydrogen) atoms. The zero-order valence-electron chi connectivity index (χ0n) is 16.1. The molecule has 1 aliphatic rings. The molecule has 1 amide bonds. The van der Waals surface area contributed by atoms with Crippen molar-refractivity contribution in [3.05, 3.63) is 65.7 Å². The van der Waals surface area contributed by atoms with E-state index in [2.05, 4.69) is 39.2 Å². The maximum atomic E-state index is 12.4. The first-order valence-corrected chi connectivity index (χ1v) is 9.35. The van der Waals surface area contributed by atoms with Gasteiger partial charge in [-0.3, -0.25) is 4.79 Å². The molecule has 2 aromatic heterocycles. The van der Waals surface area contributed by atoms with Gasteiger partial charge in [-0.1, -0.05) is 12.1 Å². The summed E-state index contributed by atoms with van der Waals surface area (Å²) >= 11 is 0. The van der Waals surface area contributed by atoms with Crippen LogP contribution in [0.5, 0.6) is 0 Å². The van der Waals surface area contributed by atoms with E-state index < -0.39 is 0 Å². The Morgan fingerprint density at radius 1 is 1.04 bits per heavy atom. The van der Waals surface area contributed by atoms with Gasteiger partial charge in [-0.05, 0) is 43.7 Å². The van der Waals surface area contributed by atoms with Crippen LogP contribution in [0.1, 0.15) is 21.8 Å². The van der Waals surface area contributed by atoms with Crippen LogP contribution in [0.3, 0.4) is 0 Å². The molecular weight excluding hydrogens is 354 g/mol. The smallest absolute Gasteiger partial charge is 0.289 e. The number of rotatable bonds is 4. The number of nitrogens with zero attached hydrogens (tertiary/aromatic N) is 4. The predicted molar refractivity (Wildman–Crippen MR) is 108 cm³/mol. The van der Waals surface area contributed by atoms with Crippen molar-refractivity contribution in [1.29, 1.82) is 0 Å². The first kappa shape index (κ1) is 18.0. The molecule has 0 bridgehead atoms. The molecule has 0 radical (unpaired) electrons. The number of carbonyl (C=O) groups excluding carboxylic acids is 1. The molecule has 0 atom stereocenters. The SMILES string of the molecule is Cc1cccc(Nc2cc(C)nc(N3CCN(C(=O)c4ccco4)CC3)n2)c1. The van der Waals surface area contributed by atoms with Gasteiger partial charge in [-0.15, -0.1) is 0 Å². The lowest BCUT2D eigenvalue weighted by Gasteiger charge is -2.34. The molecule has 1 N–H and O–H groups in total. The summed E-state index contributed by atoms with van der Waals surface area (Å²) < 4.78 is 5.22. The van der Waals surface area contributed by atoms with Gasteiger partial charge >= 0.3 is 0 Å². The average molecular weight is 377 g/mol. The van der Waals surface area contributed by atoms with Crippen LogP contribution in [0.15, 0.2) is 53.1 Å². The molecule has 7 nitrogen and oxygen atoms in total. The Bertz CT molecular complexity index is 963. The van der Waals surface area contributed by atoms with E-state index in [9.17, 15) is 4.79 Å². The highest BCUT2D eigenvalue weighted by Crippen LogP contribution is 2.20. The van der Waals surface area contributed by atoms with Crippen molar-refractivity contribution in [2.45, 2.75) is 13.8 Å². The van der Waals surface area contributed by atoms with Gasteiger partial charge in [0.25, 0.3) is 5.91 Å². The quantitative estimate of drug-likeness (QED) is 0.751. The highest BCUT2D eigenvalue weighted by Gasteiger charge is 2.25. The Kier molecular flexibility index (Phi) is 4.97. The summed E-state index contributed by atoms with van der Waals surface area (Å²) in [5.74, 6) is 1.75. The standard InChI is InChI=1S/C21H23N5O2/c1-15-5-3-6-17(13-15)23-19-14-16(2)22-21(24-19)26-10-8-25(9-11-26)20(27)18-7-4-12-28-18/h3-7,12-14H,8-11H2,1-2H3,(H,22,23,24). The van der Waals surface area contributed by atoms with E-state index in [0.29, 0.717) is 37.9 Å². The van der Waals surface area contributed by atoms with Crippen LogP contribution in [0.4, 0.5) is 17.5 Å². The predicted octanol–water partition coefficient (Wildman–Crippen LogP) is 3.39. The second kappa shape index (κ2) is 7.72. The number of nitrogens with one attached hydrogen (secondary N) is 1. The number of benzene rings is 1. The Labute approximate surface area is 164 Å². The number of aryl methyl sites for hydroxylation is 2. The number of carbonyl (C=O) groups is 1. The van der Waals surface area contributed by atoms with Gasteiger partial charge in [0, 0.05) is 43.6 Å². The normalized spacial score (nSPS) is 14.2. The third-order valence-electron chi connectivity index (χ3n) is 4.71. The van der Waals surface area contributed by atoms with E-state index in [1.807, 2.05) is 25.1 Å². The van der Waals surface area contributed by atoms with Crippen molar-refractivity contribution >= 4 is 23.4 Å². The zero-order valence-corrected chi connectivity index (χ0v) is 16.1. The van der Waals surface area contributed by atoms with Gasteiger partial charge < -0.3 is 19.5 Å². The van der Waals surface area contributed by atoms with Gasteiger partial charge in [0.15, 0.2) is 5.76 Å². The van der Waals surface area contributed by atoms with Crippen molar-refractivity contribution in [1.82, 2.24) is 14.9 Å². The minimum absolute atomic E-state index is 0.0726. The van der Waals surface area contributed by atoms with Crippen LogP contribution in [0, 0.1) is 13.8 Å². The van der Waals surface area contributed by atoms with E-state index in [1.165, 1.54) is 11.8 Å². The number of piperazine rings is 1. The number of aromatic nitrogens is 2. The number of hydrogen-bond donors (Lipinski definition) is 1. The fourth-order valence-corrected chi connectivity index (χ4v) is 3.29. The van der Waals surface area contributed by atoms with Crippen LogP contribution in [-0.4, -0.2) is 47.0 Å². The van der Waals surface area contributed by atoms with Gasteiger partial charge in [-0.25, -0.2) is 4.98 Å². The van der Waals surface area contributed by atoms with Crippen molar-refractivity contribution in [2.24, 2.45) is 0 Å². The molecule has 0 spiro atoms. The lowest BCUT2D eigenvalue weighted by atomic mass is 10.2. The summed E-state index contributed by atoms with van der Waals surface area (Å²) in [5, 5.41) is 3.36. The molecule has 0 aliphatic carbocycles. The summed E-state index contributed by atoms with van der Waals surface area (Å²) in [6.07, 6.45) is 1.52. The maximum Gasteiger partial charge on any atom is 0.289 e. The summed E-state index contributed by atoms with van der Waals surface area (Å²) in [7, 11) is 0. The Morgan fingerprint density at radius 2 is 1.86 bits per heavy atom. The number of furan rings is 1. The monoisotopic (exact) mass is 377 g/mol. The van der Waals surface area contributed by atoms with Crippen molar-refractivity contribution in [3.63, 3.8) is 0 Å². The molecule has 3 aromatic rings. The first-order chi connectivity index (χ1) is 13.6. The fourth-order valence-electron chi connectivity index (χ4n) is 3.29. The van der Waals surface area contributed by atoms with Crippen LogP contribution in [-0.2, 0) is 0 Å². The Balaban J connectivity index is 1.45. The minimum Gasteiger partial charge on any atom is -0.459 e. The summed E-state index contributed by atoms with van der Waals surface area (Å²) in [5.41, 5.74) is 3.08. The van der Waals surface area contributed by atoms with E-state index in [0.717, 1.165) is 17.2 Å². The average Bonchev–Trinajstić information content (AvgIpc) is 3.22. The van der Waals surface area contributed by atoms with Gasteiger partial charge in [-0.2, -0.15) is 4.98 Å². The summed E-state index contributed by atoms with van der Waals surface area (Å²) in [4.78, 5) is 25.6. The second-order valence-corrected chi connectivity index (χ2v) is 6.95. The van der Waals surface area contributed by atoms with Crippen molar-refractivity contribution < 1.29 is 9.21 Å². The molecule has 1 aliphatic heterocycles. The molecule has 3 heterocycles. The second-order valence-electron chi connectivity index (χ2n) is 6.95. The summed E-state index contributed by atoms with van der Waals surface area (Å²) in [6, 6.07) is 13.5. The number of hydrogen-bond acceptors (Lipinski definition) is 6. The van der Waals surface area contributed by atoms with Gasteiger partial charge in [0.2, 0.25) is 5.95 Å². The van der Waals surface area contributed by atoms with Crippen LogP contribution < -0.4 is 10.2 Å². The molecule has 7 heteroatoms. The third kappa shape index (κ3) is 3.98. The van der Waals surface area contributed by atoms with E-state index in [4.69, 9.17) is 4.42 Å². The molecule has 0 saturated carbocycles. The Morgan fingerprint density at radius 3 is 2.57 bits per heavy atom. The maximum absolute atomic E-state index is 12.4. The fraction of sp³-hybridized carbons (Fsp3) is 0.286. The zero-order chi connectivity index (χ0) is 19.5. The molecule has 4 rings (SSSR count). The highest BCUT2D eigenvalue weighted by atomic mass is 16.3. The van der Waals surface area contributed by atoms with E-state index in [1.54, 1.807) is 17.0 Å². The lowest BCUT2D eigenvalue weighted by molar-refractivity contribution is 0.0714. The number of anilines is 3. The van der Waals surface area contributed by atoms with Crippen molar-refractivity contribution in [3.8, 4) is 0 Å². The molecule has 1 fully saturated rings. The molecular formula is C21H23N5O2. The lowest BCUT2D eigenvalue weighted by Crippen LogP contribution is -2.49. The minimum atomic E-state index is -0.0726. The topological polar surface area (TPSA) is 74.5 Å². The van der Waals surface area contributed by atoms with Gasteiger partial charge in [0.1, 0.15) is 5.82 Å². The van der Waals surface area contributed by atoms with E-state index >= 15 is 0 Å². The molecule has 144 valence electrons. The van der Waals surface area contributed by atoms with E-state index in [-0.39, 0.29) is 5.91 Å². The van der Waals surface area contributed by atoms with Crippen LogP contribution in [0.25, 0.3) is 0 Å². The largest absolute Gasteiger partial charge is 0.459 e. The molecule has 0 unspecified atom stereocenters. The summed E-state index contributed by atoms with van der Waals surface area (Å²) in [6.45, 7) is 6.60. The molecule has 1 saturated heterocycles. The highest BCUT2D eigenvalue weighted by molar-refractivity contribution is 5.91. The first-order valence-electron chi connectivity index (χ1n) is 9.35. The third-order valence-corrected chi connectivity index (χ3v) is 4.71. The van der Waals surface area contributed by atoms with Crippen LogP contribution >= 0.6 is 0 Å². The van der Waals surface area contributed by atoms with Crippen LogP contribution in [0.2, 0.25) is 0 Å². The number of amides is 1. The van der Waals surface area contributed by atoms with Gasteiger partial charge in [0.05, 0.1) is 6.26 Å². The van der Waals surface area contributed by atoms with Crippen molar-refractivity contribution in [2.75, 3.05) is 36.4 Å². The Hall–Kier alpha value is -3.35.